The summed E-state index contributed by atoms with van der Waals surface area (Å²) in [6.07, 6.45) is 1.97. The Kier molecular flexibility index (Phi) is 6.06. The first-order valence-corrected chi connectivity index (χ1v) is 9.21. The van der Waals surface area contributed by atoms with Gasteiger partial charge in [-0.1, -0.05) is 18.2 Å². The smallest absolute Gasteiger partial charge is 0.228 e. The molecule has 0 aliphatic carbocycles. The van der Waals surface area contributed by atoms with Gasteiger partial charge in [-0.05, 0) is 36.8 Å². The van der Waals surface area contributed by atoms with Crippen molar-refractivity contribution in [3.63, 3.8) is 0 Å². The van der Waals surface area contributed by atoms with Crippen LogP contribution >= 0.6 is 0 Å². The zero-order valence-corrected chi connectivity index (χ0v) is 15.8. The van der Waals surface area contributed by atoms with E-state index in [0.717, 1.165) is 17.0 Å². The third-order valence-corrected chi connectivity index (χ3v) is 4.67. The Morgan fingerprint density at radius 3 is 2.70 bits per heavy atom. The SMILES string of the molecule is CCOc1ccc(CN(C)C(=O)C2CC(=O)N(Cc3ccccn3)C2)cc1. The van der Waals surface area contributed by atoms with Crippen LogP contribution in [0.25, 0.3) is 0 Å². The van der Waals surface area contributed by atoms with Crippen LogP contribution < -0.4 is 4.74 Å². The molecule has 0 saturated carbocycles. The Labute approximate surface area is 159 Å². The van der Waals surface area contributed by atoms with Crippen LogP contribution in [-0.2, 0) is 22.7 Å². The number of aromatic nitrogens is 1. The summed E-state index contributed by atoms with van der Waals surface area (Å²) in [5.74, 6) is 0.532. The van der Waals surface area contributed by atoms with E-state index in [9.17, 15) is 9.59 Å². The minimum Gasteiger partial charge on any atom is -0.494 e. The second kappa shape index (κ2) is 8.66. The fourth-order valence-corrected chi connectivity index (χ4v) is 3.30. The molecule has 1 aliphatic heterocycles. The van der Waals surface area contributed by atoms with Gasteiger partial charge in [-0.2, -0.15) is 0 Å². The number of likely N-dealkylation sites (tertiary alicyclic amines) is 1. The largest absolute Gasteiger partial charge is 0.494 e. The first-order valence-electron chi connectivity index (χ1n) is 9.21. The van der Waals surface area contributed by atoms with Crippen molar-refractivity contribution < 1.29 is 14.3 Å². The predicted molar refractivity (Wildman–Crippen MR) is 102 cm³/mol. The zero-order valence-electron chi connectivity index (χ0n) is 15.8. The van der Waals surface area contributed by atoms with E-state index in [1.165, 1.54) is 0 Å². The van der Waals surface area contributed by atoms with Crippen molar-refractivity contribution in [1.29, 1.82) is 0 Å². The number of carbonyl (C=O) groups excluding carboxylic acids is 2. The molecule has 1 atom stereocenters. The summed E-state index contributed by atoms with van der Waals surface area (Å²) in [4.78, 5) is 32.7. The lowest BCUT2D eigenvalue weighted by molar-refractivity contribution is -0.135. The van der Waals surface area contributed by atoms with Crippen LogP contribution in [0.15, 0.2) is 48.7 Å². The molecule has 142 valence electrons. The van der Waals surface area contributed by atoms with E-state index in [0.29, 0.717) is 26.2 Å². The van der Waals surface area contributed by atoms with Crippen molar-refractivity contribution in [1.82, 2.24) is 14.8 Å². The van der Waals surface area contributed by atoms with E-state index in [1.807, 2.05) is 49.4 Å². The van der Waals surface area contributed by atoms with Crippen molar-refractivity contribution in [3.05, 3.63) is 59.9 Å². The third-order valence-electron chi connectivity index (χ3n) is 4.67. The molecule has 0 bridgehead atoms. The molecule has 1 unspecified atom stereocenters. The summed E-state index contributed by atoms with van der Waals surface area (Å²) >= 11 is 0. The van der Waals surface area contributed by atoms with Gasteiger partial charge in [-0.15, -0.1) is 0 Å². The van der Waals surface area contributed by atoms with Crippen molar-refractivity contribution in [3.8, 4) is 5.75 Å². The van der Waals surface area contributed by atoms with E-state index in [2.05, 4.69) is 4.98 Å². The average molecular weight is 367 g/mol. The van der Waals surface area contributed by atoms with Crippen LogP contribution in [0, 0.1) is 5.92 Å². The number of hydrogen-bond acceptors (Lipinski definition) is 4. The molecule has 6 nitrogen and oxygen atoms in total. The second-order valence-electron chi connectivity index (χ2n) is 6.77. The molecule has 2 amide bonds. The number of nitrogens with zero attached hydrogens (tertiary/aromatic N) is 3. The van der Waals surface area contributed by atoms with Gasteiger partial charge in [0.15, 0.2) is 0 Å². The lowest BCUT2D eigenvalue weighted by Gasteiger charge is -2.21. The highest BCUT2D eigenvalue weighted by Crippen LogP contribution is 2.22. The number of rotatable bonds is 7. The van der Waals surface area contributed by atoms with Crippen LogP contribution in [0.5, 0.6) is 5.75 Å². The Bertz CT molecular complexity index is 777. The summed E-state index contributed by atoms with van der Waals surface area (Å²) in [7, 11) is 1.78. The summed E-state index contributed by atoms with van der Waals surface area (Å²) in [5.41, 5.74) is 1.87. The van der Waals surface area contributed by atoms with E-state index in [1.54, 1.807) is 23.0 Å². The fraction of sp³-hybridized carbons (Fsp3) is 0.381. The van der Waals surface area contributed by atoms with Crippen LogP contribution in [0.1, 0.15) is 24.6 Å². The van der Waals surface area contributed by atoms with Gasteiger partial charge in [0.1, 0.15) is 5.75 Å². The van der Waals surface area contributed by atoms with Gasteiger partial charge in [0.05, 0.1) is 24.8 Å². The van der Waals surface area contributed by atoms with Crippen molar-refractivity contribution >= 4 is 11.8 Å². The maximum Gasteiger partial charge on any atom is 0.228 e. The fourth-order valence-electron chi connectivity index (χ4n) is 3.30. The van der Waals surface area contributed by atoms with E-state index < -0.39 is 0 Å². The highest BCUT2D eigenvalue weighted by molar-refractivity contribution is 5.89. The van der Waals surface area contributed by atoms with Gasteiger partial charge < -0.3 is 14.5 Å². The van der Waals surface area contributed by atoms with Gasteiger partial charge in [0.2, 0.25) is 11.8 Å². The molecular formula is C21H25N3O3. The Morgan fingerprint density at radius 2 is 2.04 bits per heavy atom. The normalized spacial score (nSPS) is 16.4. The van der Waals surface area contributed by atoms with Gasteiger partial charge in [0, 0.05) is 32.8 Å². The minimum absolute atomic E-state index is 0.000700. The van der Waals surface area contributed by atoms with Crippen LogP contribution in [0.2, 0.25) is 0 Å². The van der Waals surface area contributed by atoms with E-state index in [4.69, 9.17) is 4.74 Å². The van der Waals surface area contributed by atoms with Crippen molar-refractivity contribution in [2.24, 2.45) is 5.92 Å². The molecule has 0 spiro atoms. The second-order valence-corrected chi connectivity index (χ2v) is 6.77. The molecule has 27 heavy (non-hydrogen) atoms. The average Bonchev–Trinajstić information content (AvgIpc) is 3.04. The summed E-state index contributed by atoms with van der Waals surface area (Å²) < 4.78 is 5.44. The van der Waals surface area contributed by atoms with Crippen LogP contribution in [0.3, 0.4) is 0 Å². The number of pyridine rings is 1. The summed E-state index contributed by atoms with van der Waals surface area (Å²) in [5, 5.41) is 0. The molecule has 1 aromatic heterocycles. The topological polar surface area (TPSA) is 62.7 Å². The first kappa shape index (κ1) is 18.9. The van der Waals surface area contributed by atoms with Gasteiger partial charge in [-0.3, -0.25) is 14.6 Å². The van der Waals surface area contributed by atoms with Crippen molar-refractivity contribution in [2.75, 3.05) is 20.2 Å². The zero-order chi connectivity index (χ0) is 19.2. The third kappa shape index (κ3) is 4.84. The monoisotopic (exact) mass is 367 g/mol. The molecule has 1 aliphatic rings. The van der Waals surface area contributed by atoms with E-state index >= 15 is 0 Å². The molecule has 0 radical (unpaired) electrons. The van der Waals surface area contributed by atoms with Crippen LogP contribution in [-0.4, -0.2) is 46.8 Å². The maximum absolute atomic E-state index is 12.8. The van der Waals surface area contributed by atoms with Gasteiger partial charge >= 0.3 is 0 Å². The van der Waals surface area contributed by atoms with E-state index in [-0.39, 0.29) is 24.2 Å². The minimum atomic E-state index is -0.297. The van der Waals surface area contributed by atoms with Gasteiger partial charge in [0.25, 0.3) is 0 Å². The number of carbonyl (C=O) groups is 2. The molecule has 2 heterocycles. The number of hydrogen-bond donors (Lipinski definition) is 0. The quantitative estimate of drug-likeness (QED) is 0.754. The summed E-state index contributed by atoms with van der Waals surface area (Å²) in [6.45, 7) is 3.98. The number of amides is 2. The molecule has 1 fully saturated rings. The lowest BCUT2D eigenvalue weighted by atomic mass is 10.1. The highest BCUT2D eigenvalue weighted by Gasteiger charge is 2.35. The molecule has 6 heteroatoms. The highest BCUT2D eigenvalue weighted by atomic mass is 16.5. The molecule has 2 aromatic rings. The molecule has 3 rings (SSSR count). The Morgan fingerprint density at radius 1 is 1.26 bits per heavy atom. The standard InChI is InChI=1S/C21H25N3O3/c1-3-27-19-9-7-16(8-10-19)13-23(2)21(26)17-12-20(25)24(14-17)15-18-6-4-5-11-22-18/h4-11,17H,3,12-15H2,1-2H3. The molecule has 1 saturated heterocycles. The Hall–Kier alpha value is -2.89. The number of benzene rings is 1. The van der Waals surface area contributed by atoms with Crippen LogP contribution in [0.4, 0.5) is 0 Å². The molecule has 0 N–H and O–H groups in total. The maximum atomic E-state index is 12.8. The molecular weight excluding hydrogens is 342 g/mol. The Balaban J connectivity index is 1.56. The van der Waals surface area contributed by atoms with Gasteiger partial charge in [-0.25, -0.2) is 0 Å². The number of ether oxygens (including phenoxy) is 1. The lowest BCUT2D eigenvalue weighted by Crippen LogP contribution is -2.34. The van der Waals surface area contributed by atoms with Crippen molar-refractivity contribution in [2.45, 2.75) is 26.4 Å². The molecule has 1 aromatic carbocycles. The first-order chi connectivity index (χ1) is 13.1. The predicted octanol–water partition coefficient (Wildman–Crippen LogP) is 2.49. The summed E-state index contributed by atoms with van der Waals surface area (Å²) in [6, 6.07) is 13.4.